The summed E-state index contributed by atoms with van der Waals surface area (Å²) < 4.78 is 61.8. The van der Waals surface area contributed by atoms with E-state index in [1.807, 2.05) is 0 Å². The second-order valence-electron chi connectivity index (χ2n) is 5.66. The number of benzene rings is 1. The van der Waals surface area contributed by atoms with Crippen molar-refractivity contribution in [2.45, 2.75) is 35.1 Å². The van der Waals surface area contributed by atoms with Crippen LogP contribution < -0.4 is 5.32 Å². The average molecular weight is 333 g/mol. The van der Waals surface area contributed by atoms with Crippen molar-refractivity contribution in [1.82, 2.24) is 5.32 Å². The highest BCUT2D eigenvalue weighted by Gasteiger charge is 2.47. The van der Waals surface area contributed by atoms with Crippen LogP contribution in [0.3, 0.4) is 0 Å². The smallest absolute Gasteiger partial charge is 0.183 e. The van der Waals surface area contributed by atoms with Gasteiger partial charge in [-0.1, -0.05) is 0 Å². The molecule has 21 heavy (non-hydrogen) atoms. The van der Waals surface area contributed by atoms with Gasteiger partial charge >= 0.3 is 0 Å². The van der Waals surface area contributed by atoms with Crippen LogP contribution in [0.1, 0.15) is 12.8 Å². The lowest BCUT2D eigenvalue weighted by molar-refractivity contribution is 0.524. The Bertz CT molecular complexity index is 739. The minimum atomic E-state index is -3.80. The summed E-state index contributed by atoms with van der Waals surface area (Å²) in [5, 5.41) is 2.11. The zero-order valence-corrected chi connectivity index (χ0v) is 12.8. The fourth-order valence-corrected chi connectivity index (χ4v) is 7.31. The lowest BCUT2D eigenvalue weighted by Crippen LogP contribution is -2.44. The molecule has 8 heteroatoms. The number of rotatable bonds is 4. The fraction of sp³-hybridized carbons (Fsp3) is 0.538. The summed E-state index contributed by atoms with van der Waals surface area (Å²) in [6, 6.07) is 4.14. The van der Waals surface area contributed by atoms with E-state index < -0.39 is 36.8 Å². The monoisotopic (exact) mass is 333 g/mol. The largest absolute Gasteiger partial charge is 0.309 e. The normalized spacial score (nSPS) is 28.6. The summed E-state index contributed by atoms with van der Waals surface area (Å²) in [4.78, 5) is -0.0337. The standard InChI is InChI=1S/C13H16FNO4S2/c14-9-1-5-11(6-2-9)21(18,19)13-8-20(16,17)7-12(13)15-10-3-4-10/h1-2,5-6,10,12-13,15H,3-4,7-8H2/t12-,13-/m0/s1. The third kappa shape index (κ3) is 3.12. The summed E-state index contributed by atoms with van der Waals surface area (Å²) in [5.74, 6) is -1.06. The van der Waals surface area contributed by atoms with Gasteiger partial charge in [-0.3, -0.25) is 0 Å². The van der Waals surface area contributed by atoms with Gasteiger partial charge in [-0.05, 0) is 37.1 Å². The summed E-state index contributed by atoms with van der Waals surface area (Å²) in [5.41, 5.74) is 0. The van der Waals surface area contributed by atoms with E-state index >= 15 is 0 Å². The molecule has 1 saturated carbocycles. The van der Waals surface area contributed by atoms with Crippen LogP contribution in [-0.2, 0) is 19.7 Å². The Balaban J connectivity index is 1.93. The number of hydrogen-bond donors (Lipinski definition) is 1. The molecule has 1 aromatic carbocycles. The first kappa shape index (κ1) is 14.9. The van der Waals surface area contributed by atoms with Crippen molar-refractivity contribution in [1.29, 1.82) is 0 Å². The van der Waals surface area contributed by atoms with Gasteiger partial charge in [0.2, 0.25) is 0 Å². The topological polar surface area (TPSA) is 80.3 Å². The van der Waals surface area contributed by atoms with Crippen molar-refractivity contribution in [2.24, 2.45) is 0 Å². The maximum Gasteiger partial charge on any atom is 0.183 e. The lowest BCUT2D eigenvalue weighted by atomic mass is 10.2. The number of hydrogen-bond acceptors (Lipinski definition) is 5. The molecule has 0 bridgehead atoms. The van der Waals surface area contributed by atoms with Crippen LogP contribution in [0.15, 0.2) is 29.2 Å². The van der Waals surface area contributed by atoms with Crippen molar-refractivity contribution >= 4 is 19.7 Å². The maximum absolute atomic E-state index is 12.9. The molecule has 0 aromatic heterocycles. The van der Waals surface area contributed by atoms with E-state index in [1.54, 1.807) is 0 Å². The second kappa shape index (κ2) is 5.03. The minimum absolute atomic E-state index is 0.0337. The molecule has 0 spiro atoms. The predicted octanol–water partition coefficient (Wildman–Crippen LogP) is 0.517. The van der Waals surface area contributed by atoms with Crippen LogP contribution in [0, 0.1) is 5.82 Å². The highest BCUT2D eigenvalue weighted by Crippen LogP contribution is 2.29. The van der Waals surface area contributed by atoms with Crippen molar-refractivity contribution in [2.75, 3.05) is 11.5 Å². The summed E-state index contributed by atoms with van der Waals surface area (Å²) in [6.07, 6.45) is 1.89. The van der Waals surface area contributed by atoms with E-state index in [0.717, 1.165) is 25.0 Å². The van der Waals surface area contributed by atoms with Gasteiger partial charge in [0.15, 0.2) is 19.7 Å². The van der Waals surface area contributed by atoms with Gasteiger partial charge in [0.1, 0.15) is 5.82 Å². The first-order chi connectivity index (χ1) is 9.78. The SMILES string of the molecule is O=S1(=O)C[C@H](NC2CC2)[C@@H](S(=O)(=O)c2ccc(F)cc2)C1. The molecule has 2 aliphatic rings. The zero-order valence-electron chi connectivity index (χ0n) is 11.2. The third-order valence-electron chi connectivity index (χ3n) is 3.87. The Morgan fingerprint density at radius 3 is 2.29 bits per heavy atom. The highest BCUT2D eigenvalue weighted by atomic mass is 32.2. The summed E-state index contributed by atoms with van der Waals surface area (Å²) in [7, 11) is -7.18. The minimum Gasteiger partial charge on any atom is -0.309 e. The first-order valence-electron chi connectivity index (χ1n) is 6.74. The molecule has 1 N–H and O–H groups in total. The van der Waals surface area contributed by atoms with E-state index in [4.69, 9.17) is 0 Å². The molecule has 5 nitrogen and oxygen atoms in total. The maximum atomic E-state index is 12.9. The molecule has 1 saturated heterocycles. The number of halogens is 1. The molecule has 1 aliphatic carbocycles. The van der Waals surface area contributed by atoms with E-state index in [0.29, 0.717) is 0 Å². The van der Waals surface area contributed by atoms with Crippen LogP contribution in [0.5, 0.6) is 0 Å². The predicted molar refractivity (Wildman–Crippen MR) is 76.0 cm³/mol. The van der Waals surface area contributed by atoms with E-state index in [1.165, 1.54) is 12.1 Å². The zero-order chi connectivity index (χ0) is 15.3. The van der Waals surface area contributed by atoms with E-state index in [9.17, 15) is 21.2 Å². The Labute approximate surface area is 123 Å². The van der Waals surface area contributed by atoms with Crippen molar-refractivity contribution in [3.63, 3.8) is 0 Å². The summed E-state index contributed by atoms with van der Waals surface area (Å²) in [6.45, 7) is 0. The van der Waals surface area contributed by atoms with E-state index in [2.05, 4.69) is 5.32 Å². The molecular weight excluding hydrogens is 317 g/mol. The molecule has 116 valence electrons. The molecule has 0 radical (unpaired) electrons. The first-order valence-corrected chi connectivity index (χ1v) is 10.1. The molecule has 0 unspecified atom stereocenters. The van der Waals surface area contributed by atoms with Crippen LogP contribution in [0.2, 0.25) is 0 Å². The molecular formula is C13H16FNO4S2. The number of sulfone groups is 2. The van der Waals surface area contributed by atoms with Crippen LogP contribution in [-0.4, -0.2) is 45.7 Å². The molecule has 2 fully saturated rings. The Hall–Kier alpha value is -0.990. The van der Waals surface area contributed by atoms with Gasteiger partial charge in [-0.15, -0.1) is 0 Å². The van der Waals surface area contributed by atoms with Crippen LogP contribution >= 0.6 is 0 Å². The van der Waals surface area contributed by atoms with Crippen molar-refractivity contribution in [3.05, 3.63) is 30.1 Å². The third-order valence-corrected chi connectivity index (χ3v) is 8.03. The molecule has 3 rings (SSSR count). The molecule has 0 amide bonds. The van der Waals surface area contributed by atoms with Gasteiger partial charge in [-0.25, -0.2) is 21.2 Å². The van der Waals surface area contributed by atoms with Gasteiger partial charge < -0.3 is 5.32 Å². The highest BCUT2D eigenvalue weighted by molar-refractivity contribution is 7.96. The van der Waals surface area contributed by atoms with Gasteiger partial charge in [0.05, 0.1) is 21.7 Å². The van der Waals surface area contributed by atoms with Crippen LogP contribution in [0.4, 0.5) is 4.39 Å². The van der Waals surface area contributed by atoms with Crippen molar-refractivity contribution in [3.8, 4) is 0 Å². The van der Waals surface area contributed by atoms with Crippen molar-refractivity contribution < 1.29 is 21.2 Å². The second-order valence-corrected chi connectivity index (χ2v) is 9.98. The molecule has 1 heterocycles. The van der Waals surface area contributed by atoms with Gasteiger partial charge in [0, 0.05) is 12.1 Å². The Kier molecular flexibility index (Phi) is 3.58. The Morgan fingerprint density at radius 1 is 1.10 bits per heavy atom. The fourth-order valence-electron chi connectivity index (χ4n) is 2.63. The lowest BCUT2D eigenvalue weighted by Gasteiger charge is -2.19. The molecule has 1 aliphatic heterocycles. The molecule has 2 atom stereocenters. The van der Waals surface area contributed by atoms with Gasteiger partial charge in [0.25, 0.3) is 0 Å². The van der Waals surface area contributed by atoms with E-state index in [-0.39, 0.29) is 22.4 Å². The quantitative estimate of drug-likeness (QED) is 0.813. The van der Waals surface area contributed by atoms with Crippen LogP contribution in [0.25, 0.3) is 0 Å². The Morgan fingerprint density at radius 2 is 1.71 bits per heavy atom. The average Bonchev–Trinajstić information content (AvgIpc) is 3.13. The molecule has 1 aromatic rings. The van der Waals surface area contributed by atoms with Gasteiger partial charge in [-0.2, -0.15) is 0 Å². The summed E-state index contributed by atoms with van der Waals surface area (Å²) >= 11 is 0. The number of nitrogens with one attached hydrogen (secondary N) is 1.